The number of hydrogen-bond acceptors (Lipinski definition) is 5. The molecule has 1 saturated heterocycles. The third-order valence-corrected chi connectivity index (χ3v) is 7.69. The summed E-state index contributed by atoms with van der Waals surface area (Å²) in [6, 6.07) is 24.0. The molecule has 1 atom stereocenters. The van der Waals surface area contributed by atoms with Crippen LogP contribution in [0.25, 0.3) is 0 Å². The van der Waals surface area contributed by atoms with Gasteiger partial charge in [0.1, 0.15) is 0 Å². The zero-order valence-electron chi connectivity index (χ0n) is 21.6. The molecule has 0 aliphatic carbocycles. The normalized spacial score (nSPS) is 14.7. The zero-order valence-corrected chi connectivity index (χ0v) is 22.4. The lowest BCUT2D eigenvalue weighted by atomic mass is 9.95. The van der Waals surface area contributed by atoms with Gasteiger partial charge in [0.15, 0.2) is 0 Å². The summed E-state index contributed by atoms with van der Waals surface area (Å²) in [7, 11) is 0. The van der Waals surface area contributed by atoms with Gasteiger partial charge in [-0.15, -0.1) is 11.3 Å². The molecule has 4 rings (SSSR count). The van der Waals surface area contributed by atoms with Crippen molar-refractivity contribution in [2.75, 3.05) is 45.9 Å². The number of ether oxygens (including phenoxy) is 1. The molecule has 1 unspecified atom stereocenters. The summed E-state index contributed by atoms with van der Waals surface area (Å²) in [6.45, 7) is 7.53. The van der Waals surface area contributed by atoms with Crippen LogP contribution in [-0.2, 0) is 27.4 Å². The fraction of sp³-hybridized carbons (Fsp3) is 0.400. The number of amides is 2. The van der Waals surface area contributed by atoms with Crippen molar-refractivity contribution in [3.05, 3.63) is 94.2 Å². The van der Waals surface area contributed by atoms with Crippen LogP contribution >= 0.6 is 11.3 Å². The van der Waals surface area contributed by atoms with Gasteiger partial charge in [0.25, 0.3) is 0 Å². The molecule has 1 aliphatic rings. The van der Waals surface area contributed by atoms with Gasteiger partial charge in [-0.25, -0.2) is 0 Å². The van der Waals surface area contributed by atoms with Gasteiger partial charge in [-0.3, -0.25) is 14.5 Å². The first-order chi connectivity index (χ1) is 18.1. The second-order valence-corrected chi connectivity index (χ2v) is 10.4. The van der Waals surface area contributed by atoms with E-state index in [-0.39, 0.29) is 24.3 Å². The molecule has 37 heavy (non-hydrogen) atoms. The highest BCUT2D eigenvalue weighted by Gasteiger charge is 2.28. The largest absolute Gasteiger partial charge is 0.379 e. The molecule has 0 radical (unpaired) electrons. The van der Waals surface area contributed by atoms with E-state index in [1.54, 1.807) is 16.2 Å². The van der Waals surface area contributed by atoms with Crippen LogP contribution in [0.4, 0.5) is 0 Å². The average Bonchev–Trinajstić information content (AvgIpc) is 3.46. The van der Waals surface area contributed by atoms with Crippen molar-refractivity contribution in [2.24, 2.45) is 0 Å². The minimum absolute atomic E-state index is 0.0195. The van der Waals surface area contributed by atoms with Crippen molar-refractivity contribution in [3.63, 3.8) is 0 Å². The van der Waals surface area contributed by atoms with Crippen LogP contribution in [0.2, 0.25) is 0 Å². The van der Waals surface area contributed by atoms with Crippen molar-refractivity contribution in [2.45, 2.75) is 32.4 Å². The van der Waals surface area contributed by atoms with E-state index in [1.807, 2.05) is 83.9 Å². The molecule has 2 heterocycles. The molecule has 196 valence electrons. The first-order valence-electron chi connectivity index (χ1n) is 13.1. The molecule has 1 aliphatic heterocycles. The van der Waals surface area contributed by atoms with E-state index in [2.05, 4.69) is 11.0 Å². The summed E-state index contributed by atoms with van der Waals surface area (Å²) in [5.41, 5.74) is 2.08. The summed E-state index contributed by atoms with van der Waals surface area (Å²) in [4.78, 5) is 34.8. The molecule has 1 fully saturated rings. The predicted octanol–water partition coefficient (Wildman–Crippen LogP) is 4.63. The number of hydrogen-bond donors (Lipinski definition) is 0. The van der Waals surface area contributed by atoms with Gasteiger partial charge >= 0.3 is 0 Å². The van der Waals surface area contributed by atoms with Crippen molar-refractivity contribution >= 4 is 23.2 Å². The Morgan fingerprint density at radius 3 is 2.27 bits per heavy atom. The Bertz CT molecular complexity index is 1090. The quantitative estimate of drug-likeness (QED) is 0.350. The van der Waals surface area contributed by atoms with Crippen LogP contribution < -0.4 is 0 Å². The first-order valence-corrected chi connectivity index (χ1v) is 14.0. The second-order valence-electron chi connectivity index (χ2n) is 9.40. The Morgan fingerprint density at radius 2 is 1.62 bits per heavy atom. The summed E-state index contributed by atoms with van der Waals surface area (Å²) in [5.74, 6) is -0.278. The maximum Gasteiger partial charge on any atom is 0.242 e. The highest BCUT2D eigenvalue weighted by molar-refractivity contribution is 7.09. The van der Waals surface area contributed by atoms with Gasteiger partial charge in [0.05, 0.1) is 32.2 Å². The number of morpholine rings is 1. The summed E-state index contributed by atoms with van der Waals surface area (Å²) in [6.07, 6.45) is 0.689. The fourth-order valence-corrected chi connectivity index (χ4v) is 5.42. The molecular formula is C30H37N3O3S. The Morgan fingerprint density at radius 1 is 0.919 bits per heavy atom. The predicted molar refractivity (Wildman–Crippen MR) is 148 cm³/mol. The standard InChI is InChI=1S/C30H37N3O3S/c1-2-28(26-12-7-4-8-13-26)30(35)32(16-15-31-17-19-36-20-18-31)24-29(34)33(23-27-14-9-21-37-27)22-25-10-5-3-6-11-25/h3-14,21,28H,2,15-20,22-24H2,1H3. The minimum Gasteiger partial charge on any atom is -0.379 e. The van der Waals surface area contributed by atoms with Crippen molar-refractivity contribution < 1.29 is 14.3 Å². The lowest BCUT2D eigenvalue weighted by Gasteiger charge is -2.33. The smallest absolute Gasteiger partial charge is 0.242 e. The second kappa shape index (κ2) is 14.1. The Hall–Kier alpha value is -3.00. The summed E-state index contributed by atoms with van der Waals surface area (Å²) < 4.78 is 5.49. The van der Waals surface area contributed by atoms with Crippen LogP contribution in [0, 0.1) is 0 Å². The lowest BCUT2D eigenvalue weighted by molar-refractivity contribution is -0.142. The number of rotatable bonds is 12. The van der Waals surface area contributed by atoms with E-state index in [1.165, 1.54) is 0 Å². The lowest BCUT2D eigenvalue weighted by Crippen LogP contribution is -2.48. The van der Waals surface area contributed by atoms with E-state index in [4.69, 9.17) is 4.74 Å². The molecule has 0 bridgehead atoms. The topological polar surface area (TPSA) is 53.1 Å². The maximum atomic E-state index is 13.9. The molecule has 2 aromatic carbocycles. The van der Waals surface area contributed by atoms with Gasteiger partial charge in [-0.1, -0.05) is 73.7 Å². The molecule has 7 heteroatoms. The number of thiophene rings is 1. The molecule has 0 saturated carbocycles. The van der Waals surface area contributed by atoms with Crippen molar-refractivity contribution in [1.29, 1.82) is 0 Å². The molecule has 1 aromatic heterocycles. The van der Waals surface area contributed by atoms with Gasteiger partial charge in [-0.05, 0) is 29.0 Å². The zero-order chi connectivity index (χ0) is 25.9. The van der Waals surface area contributed by atoms with E-state index in [0.717, 1.165) is 35.6 Å². The van der Waals surface area contributed by atoms with Crippen LogP contribution in [0.5, 0.6) is 0 Å². The first kappa shape index (κ1) is 27.0. The third-order valence-electron chi connectivity index (χ3n) is 6.83. The molecule has 0 N–H and O–H groups in total. The number of nitrogens with zero attached hydrogens (tertiary/aromatic N) is 3. The molecule has 3 aromatic rings. The highest BCUT2D eigenvalue weighted by Crippen LogP contribution is 2.23. The Kier molecular flexibility index (Phi) is 10.3. The Labute approximate surface area is 224 Å². The average molecular weight is 520 g/mol. The van der Waals surface area contributed by atoms with Gasteiger partial charge in [0, 0.05) is 37.6 Å². The SMILES string of the molecule is CCC(C(=O)N(CCN1CCOCC1)CC(=O)N(Cc1ccccc1)Cc1cccs1)c1ccccc1. The molecule has 6 nitrogen and oxygen atoms in total. The number of benzene rings is 2. The summed E-state index contributed by atoms with van der Waals surface area (Å²) >= 11 is 1.65. The third kappa shape index (κ3) is 7.99. The van der Waals surface area contributed by atoms with Gasteiger partial charge < -0.3 is 14.5 Å². The number of carbonyl (C=O) groups excluding carboxylic acids is 2. The van der Waals surface area contributed by atoms with Crippen LogP contribution in [0.3, 0.4) is 0 Å². The minimum atomic E-state index is -0.265. The van der Waals surface area contributed by atoms with Crippen molar-refractivity contribution in [1.82, 2.24) is 14.7 Å². The van der Waals surface area contributed by atoms with Crippen LogP contribution in [-0.4, -0.2) is 72.5 Å². The van der Waals surface area contributed by atoms with Crippen LogP contribution in [0.1, 0.15) is 35.3 Å². The molecular weight excluding hydrogens is 482 g/mol. The monoisotopic (exact) mass is 519 g/mol. The fourth-order valence-electron chi connectivity index (χ4n) is 4.70. The van der Waals surface area contributed by atoms with E-state index in [9.17, 15) is 9.59 Å². The van der Waals surface area contributed by atoms with E-state index in [0.29, 0.717) is 39.3 Å². The summed E-state index contributed by atoms with van der Waals surface area (Å²) in [5, 5.41) is 2.03. The Balaban J connectivity index is 1.53. The van der Waals surface area contributed by atoms with Gasteiger partial charge in [-0.2, -0.15) is 0 Å². The molecule has 2 amide bonds. The van der Waals surface area contributed by atoms with E-state index < -0.39 is 0 Å². The van der Waals surface area contributed by atoms with Crippen LogP contribution in [0.15, 0.2) is 78.2 Å². The van der Waals surface area contributed by atoms with E-state index >= 15 is 0 Å². The van der Waals surface area contributed by atoms with Gasteiger partial charge in [0.2, 0.25) is 11.8 Å². The maximum absolute atomic E-state index is 13.9. The number of carbonyl (C=O) groups is 2. The molecule has 0 spiro atoms. The highest BCUT2D eigenvalue weighted by atomic mass is 32.1. The van der Waals surface area contributed by atoms with Crippen molar-refractivity contribution in [3.8, 4) is 0 Å².